The average molecular weight is 781 g/mol. The highest BCUT2D eigenvalue weighted by Gasteiger charge is 2.50. The van der Waals surface area contributed by atoms with Crippen LogP contribution in [0.2, 0.25) is 0 Å². The van der Waals surface area contributed by atoms with E-state index in [1.807, 2.05) is 34.9 Å². The van der Waals surface area contributed by atoms with Crippen LogP contribution in [0.4, 0.5) is 28.4 Å². The van der Waals surface area contributed by atoms with Crippen LogP contribution in [0.1, 0.15) is 25.0 Å². The molecule has 0 amide bonds. The second-order valence-electron chi connectivity index (χ2n) is 16.0. The monoisotopic (exact) mass is 780 g/mol. The summed E-state index contributed by atoms with van der Waals surface area (Å²) in [6.07, 6.45) is 0. The number of rotatable bonds is 2. The van der Waals surface area contributed by atoms with Crippen LogP contribution < -0.4 is 20.6 Å². The third-order valence-electron chi connectivity index (χ3n) is 12.7. The molecule has 0 N–H and O–H groups in total. The summed E-state index contributed by atoms with van der Waals surface area (Å²) >= 11 is 5.77. The Morgan fingerprint density at radius 2 is 1.21 bits per heavy atom. The van der Waals surface area contributed by atoms with Crippen LogP contribution in [0.15, 0.2) is 183 Å². The molecule has 0 fully saturated rings. The van der Waals surface area contributed by atoms with Crippen molar-refractivity contribution in [3.63, 3.8) is 0 Å². The van der Waals surface area contributed by atoms with Crippen molar-refractivity contribution >= 4 is 101 Å². The van der Waals surface area contributed by atoms with Gasteiger partial charge in [0.05, 0.1) is 5.69 Å². The molecule has 6 heteroatoms. The molecule has 4 aliphatic heterocycles. The predicted molar refractivity (Wildman–Crippen MR) is 245 cm³/mol. The third kappa shape index (κ3) is 4.41. The van der Waals surface area contributed by atoms with Gasteiger partial charge in [0, 0.05) is 79.0 Å². The number of hydrogen-bond acceptors (Lipinski definition) is 5. The molecule has 0 saturated carbocycles. The molecule has 8 aromatic carbocycles. The summed E-state index contributed by atoms with van der Waals surface area (Å²) in [7, 11) is 0. The van der Waals surface area contributed by atoms with Gasteiger partial charge in [-0.05, 0) is 87.8 Å². The van der Waals surface area contributed by atoms with E-state index in [9.17, 15) is 0 Å². The van der Waals surface area contributed by atoms with Crippen molar-refractivity contribution in [2.45, 2.75) is 38.8 Å². The van der Waals surface area contributed by atoms with E-state index in [1.54, 1.807) is 0 Å². The summed E-state index contributed by atoms with van der Waals surface area (Å²) in [6.45, 7) is 4.77. The molecule has 9 aromatic rings. The first-order valence-electron chi connectivity index (χ1n) is 19.6. The lowest BCUT2D eigenvalue weighted by molar-refractivity contribution is 0.632. The van der Waals surface area contributed by atoms with E-state index in [2.05, 4.69) is 187 Å². The van der Waals surface area contributed by atoms with E-state index in [4.69, 9.17) is 0 Å². The lowest BCUT2D eigenvalue weighted by Gasteiger charge is -2.50. The van der Waals surface area contributed by atoms with Gasteiger partial charge in [0.2, 0.25) is 0 Å². The highest BCUT2D eigenvalue weighted by Crippen LogP contribution is 2.59. The molecule has 0 saturated heterocycles. The van der Waals surface area contributed by atoms with Crippen LogP contribution in [0.3, 0.4) is 0 Å². The van der Waals surface area contributed by atoms with Crippen molar-refractivity contribution in [1.82, 2.24) is 0 Å². The van der Waals surface area contributed by atoms with Gasteiger partial charge in [0.15, 0.2) is 0 Å². The molecule has 268 valence electrons. The van der Waals surface area contributed by atoms with Crippen LogP contribution in [0, 0.1) is 0 Å². The number of hydrogen-bond donors (Lipinski definition) is 0. The molecule has 0 atom stereocenters. The maximum Gasteiger partial charge on any atom is 0.333 e. The number of para-hydroxylation sites is 2. The Balaban J connectivity index is 1.17. The Morgan fingerprint density at radius 1 is 0.526 bits per heavy atom. The van der Waals surface area contributed by atoms with Crippen molar-refractivity contribution in [3.8, 4) is 22.3 Å². The Morgan fingerprint density at radius 3 is 2.04 bits per heavy atom. The van der Waals surface area contributed by atoms with Gasteiger partial charge in [-0.1, -0.05) is 147 Å². The number of thiophene rings is 1. The fourth-order valence-electron chi connectivity index (χ4n) is 10.1. The second kappa shape index (κ2) is 11.7. The minimum atomic E-state index is -0.174. The quantitative estimate of drug-likeness (QED) is 0.161. The maximum atomic E-state index is 2.68. The number of anilines is 5. The first kappa shape index (κ1) is 32.4. The summed E-state index contributed by atoms with van der Waals surface area (Å²) in [5.74, 6) is 0. The van der Waals surface area contributed by atoms with E-state index >= 15 is 0 Å². The van der Waals surface area contributed by atoms with E-state index < -0.39 is 0 Å². The van der Waals surface area contributed by atoms with Gasteiger partial charge in [-0.25, -0.2) is 0 Å². The lowest BCUT2D eigenvalue weighted by Crippen LogP contribution is -2.62. The fourth-order valence-corrected chi connectivity index (χ4v) is 13.6. The third-order valence-corrected chi connectivity index (χ3v) is 16.4. The van der Waals surface area contributed by atoms with Gasteiger partial charge in [-0.3, -0.25) is 0 Å². The molecule has 0 unspecified atom stereocenters. The summed E-state index contributed by atoms with van der Waals surface area (Å²) in [6, 6.07) is 61.7. The summed E-state index contributed by atoms with van der Waals surface area (Å²) < 4.78 is 2.71. The van der Waals surface area contributed by atoms with E-state index in [1.165, 1.54) is 112 Å². The zero-order valence-corrected chi connectivity index (χ0v) is 33.7. The first-order chi connectivity index (χ1) is 28.0. The first-order valence-corrected chi connectivity index (χ1v) is 22.1. The average Bonchev–Trinajstić information content (AvgIpc) is 3.63. The van der Waals surface area contributed by atoms with Gasteiger partial charge < -0.3 is 9.71 Å². The standard InChI is InChI=1S/C51H33BN2S3/c1-51(2)36-16-7-8-19-39(36)53-41-27-34-33-15-6-9-20-42(33)57-50(34)47-35-28-45-46(56-44-22-11-10-21-43(44)55-45)29-40(35)54(52(48(41)47)38-18-12-17-37(51)49(38)53)32-25-23-31(24-26-32)30-13-4-3-5-14-30/h3-29H,1-2H3. The summed E-state index contributed by atoms with van der Waals surface area (Å²) in [5.41, 5.74) is 16.8. The Labute approximate surface area is 344 Å². The Hall–Kier alpha value is -5.66. The van der Waals surface area contributed by atoms with Gasteiger partial charge in [-0.15, -0.1) is 11.3 Å². The van der Waals surface area contributed by atoms with Gasteiger partial charge in [0.25, 0.3) is 0 Å². The SMILES string of the molecule is CC1(C)c2ccccc2N2c3cc4c(sc5ccccc54)c4c3B(c3cccc1c32)N(c1ccc(-c2ccccc2)cc1)c1cc2c(cc1-4)Sc1ccccc1S2. The minimum Gasteiger partial charge on any atom is -0.376 e. The normalized spacial score (nSPS) is 15.1. The molecule has 2 nitrogen and oxygen atoms in total. The predicted octanol–water partition coefficient (Wildman–Crippen LogP) is 13.7. The van der Waals surface area contributed by atoms with E-state index in [0.29, 0.717) is 0 Å². The van der Waals surface area contributed by atoms with Crippen molar-refractivity contribution in [2.24, 2.45) is 0 Å². The molecular formula is C51H33BN2S3. The van der Waals surface area contributed by atoms with Crippen LogP contribution >= 0.6 is 34.9 Å². The van der Waals surface area contributed by atoms with Crippen molar-refractivity contribution in [3.05, 3.63) is 175 Å². The number of fused-ring (bicyclic) bond motifs is 12. The van der Waals surface area contributed by atoms with E-state index in [0.717, 1.165) is 0 Å². The largest absolute Gasteiger partial charge is 0.376 e. The fraction of sp³-hybridized carbons (Fsp3) is 0.0588. The second-order valence-corrected chi connectivity index (χ2v) is 19.3. The zero-order chi connectivity index (χ0) is 37.6. The Bertz CT molecular complexity index is 3190. The van der Waals surface area contributed by atoms with Crippen molar-refractivity contribution < 1.29 is 0 Å². The Kier molecular flexibility index (Phi) is 6.66. The highest BCUT2D eigenvalue weighted by molar-refractivity contribution is 8.05. The molecule has 5 heterocycles. The molecule has 57 heavy (non-hydrogen) atoms. The molecule has 13 rings (SSSR count). The minimum absolute atomic E-state index is 0.0430. The van der Waals surface area contributed by atoms with Crippen LogP contribution in [0.25, 0.3) is 42.4 Å². The van der Waals surface area contributed by atoms with Crippen molar-refractivity contribution in [2.75, 3.05) is 9.71 Å². The molecular weight excluding hydrogens is 748 g/mol. The maximum absolute atomic E-state index is 2.68. The molecule has 0 radical (unpaired) electrons. The van der Waals surface area contributed by atoms with Crippen LogP contribution in [0.5, 0.6) is 0 Å². The number of benzene rings is 8. The molecule has 0 spiro atoms. The molecule has 4 aliphatic rings. The van der Waals surface area contributed by atoms with Gasteiger partial charge in [0.1, 0.15) is 0 Å². The van der Waals surface area contributed by atoms with Gasteiger partial charge in [-0.2, -0.15) is 0 Å². The molecule has 0 bridgehead atoms. The lowest BCUT2D eigenvalue weighted by atomic mass is 9.42. The topological polar surface area (TPSA) is 6.48 Å². The smallest absolute Gasteiger partial charge is 0.333 e. The van der Waals surface area contributed by atoms with E-state index in [-0.39, 0.29) is 12.3 Å². The summed E-state index contributed by atoms with van der Waals surface area (Å²) in [5, 5.41) is 2.66. The van der Waals surface area contributed by atoms with Crippen LogP contribution in [-0.4, -0.2) is 6.85 Å². The highest BCUT2D eigenvalue weighted by atomic mass is 32.2. The zero-order valence-electron chi connectivity index (χ0n) is 31.3. The van der Waals surface area contributed by atoms with Gasteiger partial charge >= 0.3 is 6.85 Å². The molecule has 0 aliphatic carbocycles. The summed E-state index contributed by atoms with van der Waals surface area (Å²) in [4.78, 5) is 10.6. The molecule has 1 aromatic heterocycles. The van der Waals surface area contributed by atoms with Crippen molar-refractivity contribution in [1.29, 1.82) is 0 Å². The number of nitrogens with zero attached hydrogens (tertiary/aromatic N) is 2. The van der Waals surface area contributed by atoms with Crippen LogP contribution in [-0.2, 0) is 5.41 Å².